The number of hydrogen-bond acceptors (Lipinski definition) is 2. The van der Waals surface area contributed by atoms with Gasteiger partial charge in [-0.05, 0) is 25.7 Å². The lowest BCUT2D eigenvalue weighted by atomic mass is 9.99. The van der Waals surface area contributed by atoms with Crippen LogP contribution in [-0.2, 0) is 9.53 Å². The van der Waals surface area contributed by atoms with Gasteiger partial charge < -0.3 is 9.64 Å². The zero-order valence-electron chi connectivity index (χ0n) is 10.4. The van der Waals surface area contributed by atoms with Gasteiger partial charge in [-0.1, -0.05) is 0 Å². The predicted octanol–water partition coefficient (Wildman–Crippen LogP) is 2.67. The summed E-state index contributed by atoms with van der Waals surface area (Å²) >= 11 is 5.72. The van der Waals surface area contributed by atoms with Crippen LogP contribution < -0.4 is 0 Å². The lowest BCUT2D eigenvalue weighted by Gasteiger charge is -2.35. The van der Waals surface area contributed by atoms with Crippen molar-refractivity contribution in [3.63, 3.8) is 0 Å². The molecule has 1 atom stereocenters. The third kappa shape index (κ3) is 5.48. The summed E-state index contributed by atoms with van der Waals surface area (Å²) in [6.07, 6.45) is 1.60. The number of nitrogens with zero attached hydrogens (tertiary/aromatic N) is 1. The summed E-state index contributed by atoms with van der Waals surface area (Å²) in [5.41, 5.74) is 0. The molecule has 0 radical (unpaired) electrons. The first kappa shape index (κ1) is 15.6. The Morgan fingerprint density at radius 1 is 1.44 bits per heavy atom. The van der Waals surface area contributed by atoms with Gasteiger partial charge in [-0.25, -0.2) is 8.78 Å². The summed E-state index contributed by atoms with van der Waals surface area (Å²) in [5.74, 6) is 0.523. The molecule has 0 N–H and O–H groups in total. The van der Waals surface area contributed by atoms with Crippen LogP contribution in [0.1, 0.15) is 32.1 Å². The molecule has 1 amide bonds. The Morgan fingerprint density at radius 3 is 2.89 bits per heavy atom. The monoisotopic (exact) mass is 283 g/mol. The number of carbonyl (C=O) groups excluding carboxylic acids is 1. The van der Waals surface area contributed by atoms with E-state index in [1.807, 2.05) is 4.90 Å². The smallest absolute Gasteiger partial charge is 0.261 e. The highest BCUT2D eigenvalue weighted by atomic mass is 35.5. The van der Waals surface area contributed by atoms with E-state index in [1.165, 1.54) is 0 Å². The van der Waals surface area contributed by atoms with Gasteiger partial charge in [0.2, 0.25) is 5.91 Å². The molecule has 0 spiro atoms. The van der Waals surface area contributed by atoms with Gasteiger partial charge in [0.05, 0.1) is 13.0 Å². The molecule has 1 rings (SSSR count). The first-order valence-corrected chi connectivity index (χ1v) is 6.90. The standard InChI is InChI=1S/C12H20ClF2NO2/c13-6-4-10-3-1-2-7-16(10)12(17)5-8-18-9-11(14)15/h10-11H,1-9H2. The van der Waals surface area contributed by atoms with E-state index in [0.29, 0.717) is 5.88 Å². The van der Waals surface area contributed by atoms with Crippen LogP contribution in [0.5, 0.6) is 0 Å². The molecule has 3 nitrogen and oxygen atoms in total. The van der Waals surface area contributed by atoms with Gasteiger partial charge >= 0.3 is 0 Å². The number of carbonyl (C=O) groups is 1. The van der Waals surface area contributed by atoms with E-state index in [4.69, 9.17) is 16.3 Å². The van der Waals surface area contributed by atoms with Crippen molar-refractivity contribution in [2.45, 2.75) is 44.6 Å². The number of ether oxygens (including phenoxy) is 1. The van der Waals surface area contributed by atoms with Crippen LogP contribution in [0.2, 0.25) is 0 Å². The van der Waals surface area contributed by atoms with Gasteiger partial charge in [0.1, 0.15) is 6.61 Å². The minimum atomic E-state index is -2.47. The zero-order valence-corrected chi connectivity index (χ0v) is 11.2. The first-order valence-electron chi connectivity index (χ1n) is 6.36. The maximum Gasteiger partial charge on any atom is 0.261 e. The van der Waals surface area contributed by atoms with Crippen LogP contribution in [0.25, 0.3) is 0 Å². The quantitative estimate of drug-likeness (QED) is 0.531. The third-order valence-electron chi connectivity index (χ3n) is 3.09. The van der Waals surface area contributed by atoms with Crippen LogP contribution in [-0.4, -0.2) is 48.9 Å². The minimum Gasteiger partial charge on any atom is -0.375 e. The molecule has 1 aliphatic heterocycles. The molecule has 0 saturated carbocycles. The highest BCUT2D eigenvalue weighted by molar-refractivity contribution is 6.17. The molecule has 1 unspecified atom stereocenters. The number of piperidine rings is 1. The van der Waals surface area contributed by atoms with E-state index in [2.05, 4.69) is 0 Å². The van der Waals surface area contributed by atoms with Gasteiger partial charge in [0, 0.05) is 18.5 Å². The fourth-order valence-corrected chi connectivity index (χ4v) is 2.48. The van der Waals surface area contributed by atoms with Gasteiger partial charge in [0.25, 0.3) is 6.43 Å². The van der Waals surface area contributed by atoms with E-state index in [0.717, 1.165) is 32.2 Å². The van der Waals surface area contributed by atoms with Gasteiger partial charge in [0.15, 0.2) is 0 Å². The predicted molar refractivity (Wildman–Crippen MR) is 66.1 cm³/mol. The highest BCUT2D eigenvalue weighted by Gasteiger charge is 2.25. The van der Waals surface area contributed by atoms with Crippen molar-refractivity contribution in [2.24, 2.45) is 0 Å². The second-order valence-corrected chi connectivity index (χ2v) is 4.81. The van der Waals surface area contributed by atoms with Crippen molar-refractivity contribution in [1.82, 2.24) is 4.90 Å². The summed E-state index contributed by atoms with van der Waals surface area (Å²) < 4.78 is 28.4. The molecule has 1 heterocycles. The number of rotatable bonds is 7. The molecule has 0 aromatic rings. The van der Waals surface area contributed by atoms with E-state index >= 15 is 0 Å². The number of likely N-dealkylation sites (tertiary alicyclic amines) is 1. The zero-order chi connectivity index (χ0) is 13.4. The van der Waals surface area contributed by atoms with Gasteiger partial charge in [-0.3, -0.25) is 4.79 Å². The van der Waals surface area contributed by atoms with E-state index in [9.17, 15) is 13.6 Å². The second kappa shape index (κ2) is 8.64. The molecule has 0 bridgehead atoms. The molecule has 0 aromatic heterocycles. The summed E-state index contributed by atoms with van der Waals surface area (Å²) in [7, 11) is 0. The topological polar surface area (TPSA) is 29.5 Å². The Morgan fingerprint density at radius 2 is 2.22 bits per heavy atom. The highest BCUT2D eigenvalue weighted by Crippen LogP contribution is 2.20. The lowest BCUT2D eigenvalue weighted by molar-refractivity contribution is -0.136. The molecular formula is C12H20ClF2NO2. The Bertz CT molecular complexity index is 252. The molecule has 1 aliphatic rings. The van der Waals surface area contributed by atoms with E-state index < -0.39 is 13.0 Å². The van der Waals surface area contributed by atoms with E-state index in [1.54, 1.807) is 0 Å². The Labute approximate surface area is 111 Å². The van der Waals surface area contributed by atoms with Crippen LogP contribution >= 0.6 is 11.6 Å². The first-order chi connectivity index (χ1) is 8.65. The average Bonchev–Trinajstić information content (AvgIpc) is 2.35. The van der Waals surface area contributed by atoms with Crippen LogP contribution in [0, 0.1) is 0 Å². The van der Waals surface area contributed by atoms with Crippen molar-refractivity contribution in [2.75, 3.05) is 25.6 Å². The largest absolute Gasteiger partial charge is 0.375 e. The Kier molecular flexibility index (Phi) is 7.51. The number of alkyl halides is 3. The van der Waals surface area contributed by atoms with E-state index in [-0.39, 0.29) is 25.0 Å². The van der Waals surface area contributed by atoms with Gasteiger partial charge in [-0.15, -0.1) is 11.6 Å². The SMILES string of the molecule is O=C(CCOCC(F)F)N1CCCCC1CCCl. The Balaban J connectivity index is 2.29. The molecule has 106 valence electrons. The number of hydrogen-bond donors (Lipinski definition) is 0. The van der Waals surface area contributed by atoms with Crippen molar-refractivity contribution >= 4 is 17.5 Å². The van der Waals surface area contributed by atoms with Gasteiger partial charge in [-0.2, -0.15) is 0 Å². The molecule has 0 aliphatic carbocycles. The third-order valence-corrected chi connectivity index (χ3v) is 3.31. The minimum absolute atomic E-state index is 0.0147. The molecule has 18 heavy (non-hydrogen) atoms. The number of amides is 1. The molecular weight excluding hydrogens is 264 g/mol. The summed E-state index contributed by atoms with van der Waals surface area (Å²) in [5, 5.41) is 0. The fourth-order valence-electron chi connectivity index (χ4n) is 2.23. The normalized spacial score (nSPS) is 20.4. The molecule has 1 fully saturated rings. The fraction of sp³-hybridized carbons (Fsp3) is 0.917. The molecule has 0 aromatic carbocycles. The summed E-state index contributed by atoms with van der Waals surface area (Å²) in [6.45, 7) is 0.209. The molecule has 6 heteroatoms. The summed E-state index contributed by atoms with van der Waals surface area (Å²) in [4.78, 5) is 13.8. The van der Waals surface area contributed by atoms with Crippen molar-refractivity contribution in [3.8, 4) is 0 Å². The van der Waals surface area contributed by atoms with Crippen LogP contribution in [0.15, 0.2) is 0 Å². The summed E-state index contributed by atoms with van der Waals surface area (Å²) in [6, 6.07) is 0.207. The lowest BCUT2D eigenvalue weighted by Crippen LogP contribution is -2.44. The Hall–Kier alpha value is -0.420. The maximum atomic E-state index is 11.9. The van der Waals surface area contributed by atoms with Crippen molar-refractivity contribution in [1.29, 1.82) is 0 Å². The van der Waals surface area contributed by atoms with Crippen molar-refractivity contribution in [3.05, 3.63) is 0 Å². The second-order valence-electron chi connectivity index (χ2n) is 4.43. The van der Waals surface area contributed by atoms with Crippen molar-refractivity contribution < 1.29 is 18.3 Å². The average molecular weight is 284 g/mol. The maximum absolute atomic E-state index is 11.9. The number of halogens is 3. The van der Waals surface area contributed by atoms with Crippen LogP contribution in [0.4, 0.5) is 8.78 Å². The molecule has 1 saturated heterocycles. The van der Waals surface area contributed by atoms with Crippen LogP contribution in [0.3, 0.4) is 0 Å².